The van der Waals surface area contributed by atoms with Gasteiger partial charge >= 0.3 is 0 Å². The third-order valence-corrected chi connectivity index (χ3v) is 12.7. The molecule has 3 N–H and O–H groups in total. The molecule has 12 nitrogen and oxygen atoms in total. The Balaban J connectivity index is 0.000000204. The number of rotatable bonds is 14. The van der Waals surface area contributed by atoms with Gasteiger partial charge in [-0.1, -0.05) is 43.2 Å². The van der Waals surface area contributed by atoms with E-state index < -0.39 is 11.8 Å². The zero-order chi connectivity index (χ0) is 49.5. The average molecular weight is 937 g/mol. The highest BCUT2D eigenvalue weighted by molar-refractivity contribution is 6.10. The van der Waals surface area contributed by atoms with E-state index in [1.807, 2.05) is 58.0 Å². The molecule has 14 heteroatoms. The lowest BCUT2D eigenvalue weighted by Gasteiger charge is -2.22. The van der Waals surface area contributed by atoms with Crippen molar-refractivity contribution < 1.29 is 46.5 Å². The standard InChI is InChI=1S/C28H28FN3O3.C27H26FNO5/c1-16-22(11-18-12-24(34-3)27(30)25(13-18)35-4)21-9-8-19(29)14-23(21)26(16)17(2)28(33)32-15-20-7-5-6-10-31-20;1-15-21(10-17-11-23(32-3)26(30)24(12-17)33-4)20-8-7-18(28)13-22(20)25(15)16(2)27(31)29-14-19-6-5-9-34-19/h5-14,17,26,30H,15H2,1-4H3,(H,32,33);5-13,16,25H,14H2,1-4H3,(H,29,31). The number of carbonyl (C=O) groups excluding carboxylic acids is 3. The lowest BCUT2D eigenvalue weighted by molar-refractivity contribution is -0.125. The Morgan fingerprint density at radius 3 is 1.61 bits per heavy atom. The number of carbonyl (C=O) groups is 3. The quantitative estimate of drug-likeness (QED) is 0.112. The first kappa shape index (κ1) is 49.0. The van der Waals surface area contributed by atoms with Crippen LogP contribution < -0.4 is 10.6 Å². The summed E-state index contributed by atoms with van der Waals surface area (Å²) in [6.45, 7) is 8.22. The highest BCUT2D eigenvalue weighted by atomic mass is 19.1. The molecule has 0 saturated heterocycles. The first-order valence-corrected chi connectivity index (χ1v) is 22.3. The maximum Gasteiger partial charge on any atom is 0.261 e. The van der Waals surface area contributed by atoms with E-state index in [0.29, 0.717) is 29.4 Å². The highest BCUT2D eigenvalue weighted by Crippen LogP contribution is 2.48. The third-order valence-electron chi connectivity index (χ3n) is 12.7. The lowest BCUT2D eigenvalue weighted by atomic mass is 9.84. The first-order valence-electron chi connectivity index (χ1n) is 22.3. The second kappa shape index (κ2) is 21.4. The molecule has 2 aromatic carbocycles. The molecule has 8 rings (SSSR count). The number of fused-ring (bicyclic) bond motifs is 2. The Morgan fingerprint density at radius 2 is 1.17 bits per heavy atom. The molecule has 0 bridgehead atoms. The van der Waals surface area contributed by atoms with Crippen LogP contribution in [0, 0.1) is 28.9 Å². The van der Waals surface area contributed by atoms with E-state index in [2.05, 4.69) is 15.6 Å². The van der Waals surface area contributed by atoms with Gasteiger partial charge in [0.1, 0.15) is 34.6 Å². The Morgan fingerprint density at radius 1 is 0.696 bits per heavy atom. The molecule has 0 saturated carbocycles. The van der Waals surface area contributed by atoms with Crippen LogP contribution in [0.1, 0.15) is 73.2 Å². The van der Waals surface area contributed by atoms with Crippen LogP contribution in [-0.4, -0.2) is 56.7 Å². The van der Waals surface area contributed by atoms with Crippen molar-refractivity contribution in [3.8, 4) is 0 Å². The normalized spacial score (nSPS) is 18.1. The van der Waals surface area contributed by atoms with Crippen molar-refractivity contribution in [1.29, 1.82) is 5.41 Å². The predicted molar refractivity (Wildman–Crippen MR) is 258 cm³/mol. The van der Waals surface area contributed by atoms with Crippen LogP contribution in [0.15, 0.2) is 165 Å². The number of nitrogens with one attached hydrogen (secondary N) is 3. The molecule has 0 aliphatic heterocycles. The van der Waals surface area contributed by atoms with Crippen LogP contribution in [0.2, 0.25) is 0 Å². The number of pyridine rings is 1. The number of furan rings is 1. The molecule has 0 fully saturated rings. The fraction of sp³-hybridized carbons (Fsp3) is 0.255. The Hall–Kier alpha value is -7.87. The zero-order valence-electron chi connectivity index (χ0n) is 39.7. The number of ether oxygens (including phenoxy) is 4. The van der Waals surface area contributed by atoms with Gasteiger partial charge < -0.3 is 34.0 Å². The maximum atomic E-state index is 14.3. The van der Waals surface area contributed by atoms with E-state index in [0.717, 1.165) is 55.8 Å². The molecular formula is C55H54F2N4O8. The summed E-state index contributed by atoms with van der Waals surface area (Å²) in [5.74, 6) is -1.00. The van der Waals surface area contributed by atoms with Gasteiger partial charge in [0.15, 0.2) is 11.5 Å². The average Bonchev–Trinajstić information content (AvgIpc) is 4.05. The van der Waals surface area contributed by atoms with Gasteiger partial charge in [0, 0.05) is 29.9 Å². The topological polar surface area (TPSA) is 162 Å². The number of amides is 2. The van der Waals surface area contributed by atoms with Gasteiger partial charge in [0.05, 0.1) is 53.5 Å². The fourth-order valence-electron chi connectivity index (χ4n) is 9.20. The van der Waals surface area contributed by atoms with Gasteiger partial charge in [0.2, 0.25) is 11.8 Å². The number of hydrogen-bond donors (Lipinski definition) is 3. The number of aromatic nitrogens is 1. The van der Waals surface area contributed by atoms with E-state index in [4.69, 9.17) is 28.8 Å². The summed E-state index contributed by atoms with van der Waals surface area (Å²) < 4.78 is 55.0. The van der Waals surface area contributed by atoms with Crippen LogP contribution in [-0.2, 0) is 46.4 Å². The SMILES string of the molecule is COC1=CC(=CC2=C(C)C(C(C)C(=O)NCc3ccccn3)c3cc(F)ccc32)C=C(OC)C1=N.COC1=CC(=CC2=C(C)C(C(C)C(=O)NCc3ccco3)c3cc(F)ccc32)C=C(OC)C1=O. The van der Waals surface area contributed by atoms with Gasteiger partial charge in [-0.15, -0.1) is 0 Å². The molecule has 4 aliphatic rings. The number of hydrogen-bond acceptors (Lipinski definition) is 10. The van der Waals surface area contributed by atoms with Crippen molar-refractivity contribution in [3.63, 3.8) is 0 Å². The van der Waals surface area contributed by atoms with E-state index in [9.17, 15) is 23.2 Å². The molecule has 2 heterocycles. The molecule has 4 atom stereocenters. The van der Waals surface area contributed by atoms with E-state index in [1.165, 1.54) is 52.7 Å². The monoisotopic (exact) mass is 936 g/mol. The third kappa shape index (κ3) is 10.5. The van der Waals surface area contributed by atoms with Crippen molar-refractivity contribution >= 4 is 34.5 Å². The van der Waals surface area contributed by atoms with Crippen molar-refractivity contribution in [2.75, 3.05) is 28.4 Å². The molecular weight excluding hydrogens is 883 g/mol. The lowest BCUT2D eigenvalue weighted by Crippen LogP contribution is -2.32. The van der Waals surface area contributed by atoms with Crippen LogP contribution in [0.3, 0.4) is 0 Å². The number of halogens is 2. The van der Waals surface area contributed by atoms with Crippen molar-refractivity contribution in [1.82, 2.24) is 15.6 Å². The minimum atomic E-state index is -0.450. The van der Waals surface area contributed by atoms with Crippen molar-refractivity contribution in [2.45, 2.75) is 52.6 Å². The summed E-state index contributed by atoms with van der Waals surface area (Å²) in [5.41, 5.74) is 9.38. The summed E-state index contributed by atoms with van der Waals surface area (Å²) in [5, 5.41) is 14.0. The minimum Gasteiger partial charge on any atom is -0.494 e. The van der Waals surface area contributed by atoms with E-state index in [1.54, 1.807) is 61.0 Å². The number of nitrogens with zero attached hydrogens (tertiary/aromatic N) is 1. The number of benzene rings is 2. The second-order valence-electron chi connectivity index (χ2n) is 16.9. The van der Waals surface area contributed by atoms with Crippen molar-refractivity contribution in [2.24, 2.45) is 11.8 Å². The molecule has 2 aromatic heterocycles. The first-order chi connectivity index (χ1) is 33.2. The smallest absolute Gasteiger partial charge is 0.261 e. The number of methoxy groups -OCH3 is 4. The summed E-state index contributed by atoms with van der Waals surface area (Å²) in [6.07, 6.45) is 13.9. The van der Waals surface area contributed by atoms with Gasteiger partial charge in [-0.05, 0) is 143 Å². The number of Topliss-reactive ketones (excluding diaryl/α,β-unsaturated/α-hetero) is 1. The second-order valence-corrected chi connectivity index (χ2v) is 16.9. The zero-order valence-corrected chi connectivity index (χ0v) is 39.7. The summed E-state index contributed by atoms with van der Waals surface area (Å²) in [6, 6.07) is 18.4. The van der Waals surface area contributed by atoms with E-state index in [-0.39, 0.29) is 64.8 Å². The Labute approximate surface area is 400 Å². The Bertz CT molecular complexity index is 2890. The van der Waals surface area contributed by atoms with Crippen LogP contribution >= 0.6 is 0 Å². The Kier molecular flexibility index (Phi) is 15.2. The highest BCUT2D eigenvalue weighted by Gasteiger charge is 2.37. The van der Waals surface area contributed by atoms with Crippen molar-refractivity contribution in [3.05, 3.63) is 206 Å². The molecule has 2 amide bonds. The predicted octanol–water partition coefficient (Wildman–Crippen LogP) is 9.88. The maximum absolute atomic E-state index is 14.3. The number of allylic oxidation sites excluding steroid dienone is 12. The molecule has 0 spiro atoms. The van der Waals surface area contributed by atoms with Gasteiger partial charge in [0.25, 0.3) is 5.78 Å². The summed E-state index contributed by atoms with van der Waals surface area (Å²) in [4.78, 5) is 42.6. The summed E-state index contributed by atoms with van der Waals surface area (Å²) in [7, 11) is 5.88. The number of ketones is 1. The van der Waals surface area contributed by atoms with Crippen LogP contribution in [0.5, 0.6) is 0 Å². The van der Waals surface area contributed by atoms with Gasteiger partial charge in [-0.2, -0.15) is 0 Å². The van der Waals surface area contributed by atoms with Gasteiger partial charge in [-0.25, -0.2) is 8.78 Å². The van der Waals surface area contributed by atoms with E-state index >= 15 is 0 Å². The van der Waals surface area contributed by atoms with Crippen LogP contribution in [0.25, 0.3) is 11.1 Å². The molecule has 4 unspecified atom stereocenters. The largest absolute Gasteiger partial charge is 0.494 e. The summed E-state index contributed by atoms with van der Waals surface area (Å²) >= 11 is 0. The minimum absolute atomic E-state index is 0.127. The molecule has 356 valence electrons. The fourth-order valence-corrected chi connectivity index (χ4v) is 9.20. The van der Waals surface area contributed by atoms with Crippen LogP contribution in [0.4, 0.5) is 8.78 Å². The molecule has 4 aliphatic carbocycles. The molecule has 69 heavy (non-hydrogen) atoms. The van der Waals surface area contributed by atoms with Gasteiger partial charge in [-0.3, -0.25) is 24.8 Å². The molecule has 4 aromatic rings. The molecule has 0 radical (unpaired) electrons.